The number of phosphoric acid groups is 1. The van der Waals surface area contributed by atoms with Gasteiger partial charge in [0.15, 0.2) is 6.10 Å². The highest BCUT2D eigenvalue weighted by Gasteiger charge is 2.28. The van der Waals surface area contributed by atoms with Crippen LogP contribution in [0.2, 0.25) is 0 Å². The minimum atomic E-state index is -4.67. The molecule has 0 saturated carbocycles. The Kier molecular flexibility index (Phi) is 20.6. The smallest absolute Gasteiger partial charge is 0.472 e. The number of esters is 2. The van der Waals surface area contributed by atoms with Crippen molar-refractivity contribution < 1.29 is 47.5 Å². The molecule has 11 nitrogen and oxygen atoms in total. The van der Waals surface area contributed by atoms with Gasteiger partial charge in [0.1, 0.15) is 12.6 Å². The first-order valence-electron chi connectivity index (χ1n) is 13.1. The fourth-order valence-corrected chi connectivity index (χ4v) is 3.96. The summed E-state index contributed by atoms with van der Waals surface area (Å²) in [5, 5.41) is 8.74. The predicted octanol–water partition coefficient (Wildman–Crippen LogP) is 4.49. The molecule has 0 bridgehead atoms. The number of rotatable bonds is 24. The van der Waals surface area contributed by atoms with Crippen LogP contribution in [-0.4, -0.2) is 59.9 Å². The second-order valence-corrected chi connectivity index (χ2v) is 10.3. The molecular formula is C24H46NO10P. The summed E-state index contributed by atoms with van der Waals surface area (Å²) in [6.45, 7) is 2.57. The number of nitrogens with two attached hydrogens (primary N) is 1. The third-order valence-corrected chi connectivity index (χ3v) is 6.31. The number of unbranched alkanes of at least 4 members (excludes halogenated alkanes) is 10. The van der Waals surface area contributed by atoms with Crippen LogP contribution < -0.4 is 5.73 Å². The molecule has 4 N–H and O–H groups in total. The molecule has 0 aromatic heterocycles. The van der Waals surface area contributed by atoms with Crippen LogP contribution in [-0.2, 0) is 37.5 Å². The Labute approximate surface area is 215 Å². The monoisotopic (exact) mass is 539 g/mol. The largest absolute Gasteiger partial charge is 0.480 e. The van der Waals surface area contributed by atoms with Gasteiger partial charge in [-0.15, -0.1) is 0 Å². The van der Waals surface area contributed by atoms with Crippen LogP contribution in [0.3, 0.4) is 0 Å². The van der Waals surface area contributed by atoms with Crippen molar-refractivity contribution in [2.24, 2.45) is 5.73 Å². The van der Waals surface area contributed by atoms with Crippen LogP contribution in [0.5, 0.6) is 0 Å². The Morgan fingerprint density at radius 3 is 1.75 bits per heavy atom. The molecule has 12 heteroatoms. The van der Waals surface area contributed by atoms with E-state index in [2.05, 4.69) is 18.4 Å². The number of hydrogen-bond donors (Lipinski definition) is 3. The van der Waals surface area contributed by atoms with Gasteiger partial charge in [-0.3, -0.25) is 23.4 Å². The molecule has 0 saturated heterocycles. The number of phosphoric ester groups is 1. The quantitative estimate of drug-likeness (QED) is 0.0896. The lowest BCUT2D eigenvalue weighted by molar-refractivity contribution is -0.161. The predicted molar refractivity (Wildman–Crippen MR) is 134 cm³/mol. The lowest BCUT2D eigenvalue weighted by Crippen LogP contribution is -2.34. The molecule has 212 valence electrons. The molecule has 1 unspecified atom stereocenters. The third kappa shape index (κ3) is 20.7. The summed E-state index contributed by atoms with van der Waals surface area (Å²) in [4.78, 5) is 44.8. The van der Waals surface area contributed by atoms with E-state index in [0.717, 1.165) is 44.9 Å². The standard InChI is InChI=1S/C24H46NO10P/c1-3-5-7-9-10-12-13-15-22(26)32-17-20(35-23(27)16-14-11-8-6-4-2)18-33-36(30,31)34-19-21(25)24(28)29/h20-21H,3-19,25H2,1-2H3,(H,28,29)(H,30,31)/t20-,21+/m1/s1. The molecule has 0 aromatic carbocycles. The highest BCUT2D eigenvalue weighted by atomic mass is 31.2. The van der Waals surface area contributed by atoms with E-state index in [1.54, 1.807) is 0 Å². The summed E-state index contributed by atoms with van der Waals surface area (Å²) in [6, 6.07) is -1.51. The van der Waals surface area contributed by atoms with E-state index in [4.69, 9.17) is 24.8 Å². The lowest BCUT2D eigenvalue weighted by atomic mass is 10.1. The van der Waals surface area contributed by atoms with E-state index in [1.165, 1.54) is 19.3 Å². The molecule has 0 heterocycles. The molecule has 0 fully saturated rings. The fraction of sp³-hybridized carbons (Fsp3) is 0.875. The number of carbonyl (C=O) groups is 3. The van der Waals surface area contributed by atoms with Crippen molar-refractivity contribution in [1.29, 1.82) is 0 Å². The molecule has 3 atom stereocenters. The third-order valence-electron chi connectivity index (χ3n) is 5.36. The first-order chi connectivity index (χ1) is 17.1. The summed E-state index contributed by atoms with van der Waals surface area (Å²) >= 11 is 0. The number of carboxylic acid groups (broad SMARTS) is 1. The topological polar surface area (TPSA) is 172 Å². The molecule has 0 rings (SSSR count). The van der Waals surface area contributed by atoms with Gasteiger partial charge < -0.3 is 25.2 Å². The number of carbonyl (C=O) groups excluding carboxylic acids is 2. The molecule has 36 heavy (non-hydrogen) atoms. The van der Waals surface area contributed by atoms with Crippen molar-refractivity contribution >= 4 is 25.7 Å². The van der Waals surface area contributed by atoms with Gasteiger partial charge in [0, 0.05) is 12.8 Å². The Bertz CT molecular complexity index is 661. The Balaban J connectivity index is 4.61. The average molecular weight is 540 g/mol. The summed E-state index contributed by atoms with van der Waals surface area (Å²) in [7, 11) is -4.67. The van der Waals surface area contributed by atoms with E-state index >= 15 is 0 Å². The van der Waals surface area contributed by atoms with Gasteiger partial charge in [0.2, 0.25) is 0 Å². The van der Waals surface area contributed by atoms with Crippen molar-refractivity contribution in [3.8, 4) is 0 Å². The highest BCUT2D eigenvalue weighted by molar-refractivity contribution is 7.47. The maximum atomic E-state index is 12.2. The second kappa shape index (κ2) is 21.6. The lowest BCUT2D eigenvalue weighted by Gasteiger charge is -2.20. The zero-order valence-corrected chi connectivity index (χ0v) is 22.8. The number of ether oxygens (including phenoxy) is 2. The summed E-state index contributed by atoms with van der Waals surface area (Å²) < 4.78 is 31.9. The van der Waals surface area contributed by atoms with Gasteiger partial charge in [-0.1, -0.05) is 78.1 Å². The molecule has 0 radical (unpaired) electrons. The van der Waals surface area contributed by atoms with Gasteiger partial charge in [0.05, 0.1) is 13.2 Å². The van der Waals surface area contributed by atoms with Crippen molar-refractivity contribution in [1.82, 2.24) is 0 Å². The van der Waals surface area contributed by atoms with Gasteiger partial charge in [-0.05, 0) is 12.8 Å². The highest BCUT2D eigenvalue weighted by Crippen LogP contribution is 2.43. The van der Waals surface area contributed by atoms with E-state index in [1.807, 2.05) is 0 Å². The minimum absolute atomic E-state index is 0.160. The Morgan fingerprint density at radius 1 is 0.750 bits per heavy atom. The zero-order chi connectivity index (χ0) is 27.2. The molecule has 0 aliphatic carbocycles. The average Bonchev–Trinajstić information content (AvgIpc) is 2.83. The summed E-state index contributed by atoms with van der Waals surface area (Å²) in [5.41, 5.74) is 5.24. The first kappa shape index (κ1) is 34.5. The van der Waals surface area contributed by atoms with Crippen LogP contribution in [0, 0.1) is 0 Å². The SMILES string of the molecule is CCCCCCCCCC(=O)OC[C@H](COP(=O)(O)OC[C@H](N)C(=O)O)OC(=O)CCCCCCC. The van der Waals surface area contributed by atoms with Gasteiger partial charge in [-0.2, -0.15) is 0 Å². The van der Waals surface area contributed by atoms with Crippen molar-refractivity contribution in [2.75, 3.05) is 19.8 Å². The van der Waals surface area contributed by atoms with Crippen LogP contribution in [0.25, 0.3) is 0 Å². The van der Waals surface area contributed by atoms with Crippen molar-refractivity contribution in [3.05, 3.63) is 0 Å². The normalized spacial score (nSPS) is 14.6. The van der Waals surface area contributed by atoms with E-state index in [9.17, 15) is 23.8 Å². The Hall–Kier alpha value is -1.52. The maximum Gasteiger partial charge on any atom is 0.472 e. The van der Waals surface area contributed by atoms with Crippen LogP contribution in [0.1, 0.15) is 104 Å². The number of aliphatic carboxylic acids is 1. The fourth-order valence-electron chi connectivity index (χ4n) is 3.18. The van der Waals surface area contributed by atoms with E-state index < -0.39 is 51.1 Å². The summed E-state index contributed by atoms with van der Waals surface area (Å²) in [6.07, 6.45) is 11.3. The van der Waals surface area contributed by atoms with Gasteiger partial charge in [-0.25, -0.2) is 4.57 Å². The molecule has 0 aliphatic rings. The van der Waals surface area contributed by atoms with Crippen molar-refractivity contribution in [3.63, 3.8) is 0 Å². The van der Waals surface area contributed by atoms with E-state index in [-0.39, 0.29) is 19.4 Å². The first-order valence-corrected chi connectivity index (χ1v) is 14.6. The number of hydrogen-bond acceptors (Lipinski definition) is 9. The molecule has 0 amide bonds. The van der Waals surface area contributed by atoms with Crippen molar-refractivity contribution in [2.45, 2.75) is 116 Å². The Morgan fingerprint density at radius 2 is 1.22 bits per heavy atom. The van der Waals surface area contributed by atoms with Gasteiger partial charge in [0.25, 0.3) is 0 Å². The minimum Gasteiger partial charge on any atom is -0.480 e. The van der Waals surface area contributed by atoms with E-state index in [0.29, 0.717) is 12.8 Å². The zero-order valence-electron chi connectivity index (χ0n) is 21.9. The number of carboxylic acids is 1. The molecule has 0 spiro atoms. The maximum absolute atomic E-state index is 12.2. The van der Waals surface area contributed by atoms with Crippen LogP contribution >= 0.6 is 7.82 Å². The molecular weight excluding hydrogens is 493 g/mol. The second-order valence-electron chi connectivity index (χ2n) is 8.84. The molecule has 0 aromatic rings. The molecule has 0 aliphatic heterocycles. The van der Waals surface area contributed by atoms with Crippen LogP contribution in [0.15, 0.2) is 0 Å². The summed E-state index contributed by atoms with van der Waals surface area (Å²) in [5.74, 6) is -2.40. The van der Waals surface area contributed by atoms with Crippen LogP contribution in [0.4, 0.5) is 0 Å². The van der Waals surface area contributed by atoms with Gasteiger partial charge >= 0.3 is 25.7 Å².